The first-order valence-electron chi connectivity index (χ1n) is 4.78. The first-order chi connectivity index (χ1) is 7.21. The highest BCUT2D eigenvalue weighted by molar-refractivity contribution is 7.81. The van der Waals surface area contributed by atoms with Crippen molar-refractivity contribution < 1.29 is 9.53 Å². The maximum atomic E-state index is 11.2. The summed E-state index contributed by atoms with van der Waals surface area (Å²) in [7, 11) is 1.58. The number of carbonyl (C=O) groups excluding carboxylic acids is 1. The summed E-state index contributed by atoms with van der Waals surface area (Å²) in [6.45, 7) is 2.06. The lowest BCUT2D eigenvalue weighted by atomic mass is 10.1. The van der Waals surface area contributed by atoms with Crippen molar-refractivity contribution in [1.82, 2.24) is 0 Å². The molecule has 0 radical (unpaired) electrons. The zero-order valence-electron chi connectivity index (χ0n) is 8.91. The van der Waals surface area contributed by atoms with Gasteiger partial charge in [0.15, 0.2) is 0 Å². The van der Waals surface area contributed by atoms with Gasteiger partial charge in [-0.25, -0.2) is 0 Å². The Morgan fingerprint density at radius 1 is 1.53 bits per heavy atom. The molecule has 1 aromatic rings. The maximum absolute atomic E-state index is 11.2. The Morgan fingerprint density at radius 2 is 2.27 bits per heavy atom. The van der Waals surface area contributed by atoms with Crippen LogP contribution < -0.4 is 10.1 Å². The van der Waals surface area contributed by atoms with Gasteiger partial charge in [-0.2, -0.15) is 12.6 Å². The molecule has 0 aromatic heterocycles. The lowest BCUT2D eigenvalue weighted by molar-refractivity contribution is -0.113. The first-order valence-corrected chi connectivity index (χ1v) is 5.42. The molecular formula is C11H15NO2S. The van der Waals surface area contributed by atoms with Crippen molar-refractivity contribution >= 4 is 24.2 Å². The molecule has 15 heavy (non-hydrogen) atoms. The highest BCUT2D eigenvalue weighted by Crippen LogP contribution is 2.25. The fraction of sp³-hybridized carbons (Fsp3) is 0.364. The van der Waals surface area contributed by atoms with Gasteiger partial charge in [-0.1, -0.05) is 13.0 Å². The molecule has 3 nitrogen and oxygen atoms in total. The Labute approximate surface area is 95.2 Å². The van der Waals surface area contributed by atoms with Gasteiger partial charge in [0.1, 0.15) is 5.75 Å². The number of benzene rings is 1. The van der Waals surface area contributed by atoms with Crippen LogP contribution in [0.15, 0.2) is 18.2 Å². The number of amides is 1. The second kappa shape index (κ2) is 5.66. The van der Waals surface area contributed by atoms with E-state index in [1.165, 1.54) is 0 Å². The molecule has 0 spiro atoms. The number of thiol groups is 1. The largest absolute Gasteiger partial charge is 0.495 e. The van der Waals surface area contributed by atoms with E-state index in [0.29, 0.717) is 11.4 Å². The van der Waals surface area contributed by atoms with Crippen LogP contribution in [0.3, 0.4) is 0 Å². The Balaban J connectivity index is 2.95. The van der Waals surface area contributed by atoms with Crippen LogP contribution in [0.25, 0.3) is 0 Å². The average Bonchev–Trinajstić information content (AvgIpc) is 2.28. The van der Waals surface area contributed by atoms with E-state index >= 15 is 0 Å². The van der Waals surface area contributed by atoms with E-state index in [2.05, 4.69) is 24.9 Å². The molecule has 0 unspecified atom stereocenters. The predicted molar refractivity (Wildman–Crippen MR) is 64.9 cm³/mol. The number of ether oxygens (including phenoxy) is 1. The van der Waals surface area contributed by atoms with Gasteiger partial charge in [-0.05, 0) is 24.1 Å². The third-order valence-corrected chi connectivity index (χ3v) is 2.38. The molecule has 0 aliphatic rings. The van der Waals surface area contributed by atoms with Crippen LogP contribution in [0, 0.1) is 0 Å². The number of hydrogen-bond donors (Lipinski definition) is 2. The third kappa shape index (κ3) is 3.16. The van der Waals surface area contributed by atoms with Gasteiger partial charge < -0.3 is 10.1 Å². The zero-order valence-corrected chi connectivity index (χ0v) is 9.80. The van der Waals surface area contributed by atoms with Crippen LogP contribution in [0.1, 0.15) is 12.5 Å². The van der Waals surface area contributed by atoms with Gasteiger partial charge in [-0.3, -0.25) is 4.79 Å². The molecule has 0 bridgehead atoms. The third-order valence-electron chi connectivity index (χ3n) is 2.09. The Bertz CT molecular complexity index is 352. The van der Waals surface area contributed by atoms with Gasteiger partial charge in [0.2, 0.25) is 5.91 Å². The van der Waals surface area contributed by atoms with Crippen molar-refractivity contribution in [3.8, 4) is 5.75 Å². The lowest BCUT2D eigenvalue weighted by Crippen LogP contribution is -2.13. The van der Waals surface area contributed by atoms with Gasteiger partial charge in [0.25, 0.3) is 0 Å². The van der Waals surface area contributed by atoms with Crippen LogP contribution in [0.5, 0.6) is 5.75 Å². The monoisotopic (exact) mass is 225 g/mol. The highest BCUT2D eigenvalue weighted by atomic mass is 32.1. The van der Waals surface area contributed by atoms with Crippen LogP contribution in [0.2, 0.25) is 0 Å². The first kappa shape index (κ1) is 11.9. The van der Waals surface area contributed by atoms with Crippen molar-refractivity contribution in [2.24, 2.45) is 0 Å². The van der Waals surface area contributed by atoms with E-state index in [1.54, 1.807) is 7.11 Å². The van der Waals surface area contributed by atoms with E-state index in [-0.39, 0.29) is 11.7 Å². The van der Waals surface area contributed by atoms with Crippen LogP contribution >= 0.6 is 12.6 Å². The highest BCUT2D eigenvalue weighted by Gasteiger charge is 2.06. The standard InChI is InChI=1S/C11H15NO2S/c1-3-8-4-5-10(14-2)9(6-8)12-11(13)7-15/h4-6,15H,3,7H2,1-2H3,(H,12,13). The van der Waals surface area contributed by atoms with Gasteiger partial charge in [0, 0.05) is 0 Å². The van der Waals surface area contributed by atoms with Crippen molar-refractivity contribution in [3.63, 3.8) is 0 Å². The zero-order chi connectivity index (χ0) is 11.3. The van der Waals surface area contributed by atoms with Gasteiger partial charge in [0.05, 0.1) is 18.6 Å². The number of carbonyl (C=O) groups is 1. The molecule has 4 heteroatoms. The summed E-state index contributed by atoms with van der Waals surface area (Å²) in [5.74, 6) is 0.701. The fourth-order valence-corrected chi connectivity index (χ4v) is 1.34. The number of anilines is 1. The second-order valence-electron chi connectivity index (χ2n) is 3.09. The molecule has 0 aliphatic carbocycles. The molecule has 0 aliphatic heterocycles. The van der Waals surface area contributed by atoms with Crippen molar-refractivity contribution in [2.45, 2.75) is 13.3 Å². The topological polar surface area (TPSA) is 38.3 Å². The van der Waals surface area contributed by atoms with E-state index in [4.69, 9.17) is 4.74 Å². The molecule has 0 saturated carbocycles. The minimum Gasteiger partial charge on any atom is -0.495 e. The van der Waals surface area contributed by atoms with E-state index in [0.717, 1.165) is 12.0 Å². The molecule has 1 amide bonds. The summed E-state index contributed by atoms with van der Waals surface area (Å²) in [4.78, 5) is 11.2. The lowest BCUT2D eigenvalue weighted by Gasteiger charge is -2.10. The van der Waals surface area contributed by atoms with E-state index in [1.807, 2.05) is 18.2 Å². The minimum atomic E-state index is -0.134. The normalized spacial score (nSPS) is 9.80. The Morgan fingerprint density at radius 3 is 2.80 bits per heavy atom. The summed E-state index contributed by atoms with van der Waals surface area (Å²) in [5.41, 5.74) is 1.86. The quantitative estimate of drug-likeness (QED) is 0.770. The predicted octanol–water partition coefficient (Wildman–Crippen LogP) is 2.13. The van der Waals surface area contributed by atoms with E-state index < -0.39 is 0 Å². The summed E-state index contributed by atoms with van der Waals surface area (Å²) in [6.07, 6.45) is 0.924. The van der Waals surface area contributed by atoms with Gasteiger partial charge in [-0.15, -0.1) is 0 Å². The summed E-state index contributed by atoms with van der Waals surface area (Å²) in [5, 5.41) is 2.75. The number of hydrogen-bond acceptors (Lipinski definition) is 3. The number of nitrogens with one attached hydrogen (secondary N) is 1. The molecule has 1 N–H and O–H groups in total. The summed E-state index contributed by atoms with van der Waals surface area (Å²) < 4.78 is 5.15. The summed E-state index contributed by atoms with van der Waals surface area (Å²) >= 11 is 3.91. The number of aryl methyl sites for hydroxylation is 1. The van der Waals surface area contributed by atoms with Crippen molar-refractivity contribution in [3.05, 3.63) is 23.8 Å². The number of methoxy groups -OCH3 is 1. The Hall–Kier alpha value is -1.16. The Kier molecular flexibility index (Phi) is 4.49. The average molecular weight is 225 g/mol. The molecule has 0 heterocycles. The molecule has 0 atom stereocenters. The maximum Gasteiger partial charge on any atom is 0.234 e. The SMILES string of the molecule is CCc1ccc(OC)c(NC(=O)CS)c1. The number of rotatable bonds is 4. The molecule has 82 valence electrons. The molecule has 1 rings (SSSR count). The van der Waals surface area contributed by atoms with Crippen LogP contribution in [0.4, 0.5) is 5.69 Å². The second-order valence-corrected chi connectivity index (χ2v) is 3.41. The van der Waals surface area contributed by atoms with Crippen molar-refractivity contribution in [1.29, 1.82) is 0 Å². The smallest absolute Gasteiger partial charge is 0.234 e. The minimum absolute atomic E-state index is 0.134. The molecule has 0 saturated heterocycles. The molecule has 1 aromatic carbocycles. The summed E-state index contributed by atoms with van der Waals surface area (Å²) in [6, 6.07) is 5.75. The fourth-order valence-electron chi connectivity index (χ4n) is 1.26. The molecular weight excluding hydrogens is 210 g/mol. The van der Waals surface area contributed by atoms with Crippen LogP contribution in [-0.4, -0.2) is 18.8 Å². The molecule has 0 fully saturated rings. The van der Waals surface area contributed by atoms with Crippen LogP contribution in [-0.2, 0) is 11.2 Å². The van der Waals surface area contributed by atoms with E-state index in [9.17, 15) is 4.79 Å². The van der Waals surface area contributed by atoms with Crippen molar-refractivity contribution in [2.75, 3.05) is 18.2 Å². The van der Waals surface area contributed by atoms with Gasteiger partial charge >= 0.3 is 0 Å².